The van der Waals surface area contributed by atoms with E-state index in [0.29, 0.717) is 17.3 Å². The van der Waals surface area contributed by atoms with Crippen molar-refractivity contribution in [2.45, 2.75) is 31.2 Å². The van der Waals surface area contributed by atoms with Gasteiger partial charge >= 0.3 is 0 Å². The van der Waals surface area contributed by atoms with Crippen molar-refractivity contribution in [3.8, 4) is 11.8 Å². The Morgan fingerprint density at radius 2 is 2.20 bits per heavy atom. The summed E-state index contributed by atoms with van der Waals surface area (Å²) in [7, 11) is 0. The van der Waals surface area contributed by atoms with Gasteiger partial charge in [-0.3, -0.25) is 4.79 Å². The minimum atomic E-state index is -0.779. The van der Waals surface area contributed by atoms with E-state index in [1.54, 1.807) is 6.07 Å². The van der Waals surface area contributed by atoms with Crippen LogP contribution < -0.4 is 10.1 Å². The van der Waals surface area contributed by atoms with Crippen LogP contribution in [0, 0.1) is 17.1 Å². The number of rotatable bonds is 4. The minimum absolute atomic E-state index is 0.0146. The normalized spacial score (nSPS) is 16.4. The van der Waals surface area contributed by atoms with Crippen LogP contribution in [0.5, 0.6) is 5.75 Å². The zero-order chi connectivity index (χ0) is 14.6. The van der Waals surface area contributed by atoms with Crippen LogP contribution in [-0.2, 0) is 4.79 Å². The Kier molecular flexibility index (Phi) is 4.61. The highest BCUT2D eigenvalue weighted by Gasteiger charge is 2.35. The van der Waals surface area contributed by atoms with E-state index in [2.05, 4.69) is 27.3 Å². The summed E-state index contributed by atoms with van der Waals surface area (Å²) in [5.74, 6) is -0.931. The Hall–Kier alpha value is -1.61. The number of benzene rings is 1. The van der Waals surface area contributed by atoms with Crippen molar-refractivity contribution in [2.75, 3.05) is 6.61 Å². The molecular formula is C14H14BrFN2O2. The van der Waals surface area contributed by atoms with E-state index in [9.17, 15) is 9.18 Å². The third-order valence-corrected chi connectivity index (χ3v) is 3.80. The number of ether oxygens (including phenoxy) is 1. The fourth-order valence-electron chi connectivity index (χ4n) is 2.28. The molecule has 0 unspecified atom stereocenters. The highest BCUT2D eigenvalue weighted by Crippen LogP contribution is 2.28. The lowest BCUT2D eigenvalue weighted by Gasteiger charge is -2.21. The average molecular weight is 341 g/mol. The summed E-state index contributed by atoms with van der Waals surface area (Å²) in [5, 5.41) is 11.8. The van der Waals surface area contributed by atoms with Crippen LogP contribution in [0.2, 0.25) is 0 Å². The zero-order valence-electron chi connectivity index (χ0n) is 10.8. The summed E-state index contributed by atoms with van der Waals surface area (Å²) in [5.41, 5.74) is -0.779. The van der Waals surface area contributed by atoms with E-state index < -0.39 is 17.3 Å². The van der Waals surface area contributed by atoms with E-state index in [4.69, 9.17) is 10.00 Å². The third kappa shape index (κ3) is 3.48. The molecule has 0 atom stereocenters. The van der Waals surface area contributed by atoms with Gasteiger partial charge in [-0.2, -0.15) is 5.26 Å². The summed E-state index contributed by atoms with van der Waals surface area (Å²) >= 11 is 3.14. The Morgan fingerprint density at radius 3 is 2.80 bits per heavy atom. The standard InChI is InChI=1S/C14H14BrFN2O2/c15-10-3-4-12(11(16)7-10)20-8-13(19)18-14(9-17)5-1-2-6-14/h3-4,7H,1-2,5-6,8H2,(H,18,19). The first-order chi connectivity index (χ1) is 9.54. The Bertz CT molecular complexity index is 551. The molecule has 0 aliphatic heterocycles. The first kappa shape index (κ1) is 14.8. The summed E-state index contributed by atoms with van der Waals surface area (Å²) < 4.78 is 19.2. The van der Waals surface area contributed by atoms with Crippen molar-refractivity contribution in [1.29, 1.82) is 5.26 Å². The molecule has 1 amide bonds. The van der Waals surface area contributed by atoms with Crippen LogP contribution >= 0.6 is 15.9 Å². The van der Waals surface area contributed by atoms with Crippen LogP contribution in [0.3, 0.4) is 0 Å². The number of hydrogen-bond donors (Lipinski definition) is 1. The maximum absolute atomic E-state index is 13.5. The quantitative estimate of drug-likeness (QED) is 0.916. The number of nitriles is 1. The molecule has 0 heterocycles. The largest absolute Gasteiger partial charge is 0.481 e. The molecule has 0 radical (unpaired) electrons. The first-order valence-electron chi connectivity index (χ1n) is 6.35. The summed E-state index contributed by atoms with van der Waals surface area (Å²) in [6.07, 6.45) is 3.16. The number of carbonyl (C=O) groups is 1. The van der Waals surface area contributed by atoms with Crippen molar-refractivity contribution in [2.24, 2.45) is 0 Å². The molecule has 1 aliphatic carbocycles. The number of carbonyl (C=O) groups excluding carboxylic acids is 1. The molecule has 2 rings (SSSR count). The van der Waals surface area contributed by atoms with Crippen LogP contribution in [-0.4, -0.2) is 18.1 Å². The van der Waals surface area contributed by atoms with Gasteiger partial charge in [-0.1, -0.05) is 15.9 Å². The van der Waals surface area contributed by atoms with Gasteiger partial charge in [0.2, 0.25) is 0 Å². The number of nitrogens with zero attached hydrogens (tertiary/aromatic N) is 1. The number of amides is 1. The Balaban J connectivity index is 1.91. The molecule has 0 spiro atoms. The van der Waals surface area contributed by atoms with E-state index in [1.165, 1.54) is 12.1 Å². The molecule has 4 nitrogen and oxygen atoms in total. The van der Waals surface area contributed by atoms with Gasteiger partial charge < -0.3 is 10.1 Å². The lowest BCUT2D eigenvalue weighted by Crippen LogP contribution is -2.47. The monoisotopic (exact) mass is 340 g/mol. The minimum Gasteiger partial charge on any atom is -0.481 e. The number of hydrogen-bond acceptors (Lipinski definition) is 3. The highest BCUT2D eigenvalue weighted by atomic mass is 79.9. The molecular weight excluding hydrogens is 327 g/mol. The maximum Gasteiger partial charge on any atom is 0.259 e. The van der Waals surface area contributed by atoms with Gasteiger partial charge in [-0.05, 0) is 43.9 Å². The zero-order valence-corrected chi connectivity index (χ0v) is 12.4. The summed E-state index contributed by atoms with van der Waals surface area (Å²) in [6.45, 7) is -0.304. The summed E-state index contributed by atoms with van der Waals surface area (Å²) in [4.78, 5) is 11.8. The van der Waals surface area contributed by atoms with Gasteiger partial charge in [-0.15, -0.1) is 0 Å². The second-order valence-electron chi connectivity index (χ2n) is 4.81. The fourth-order valence-corrected chi connectivity index (χ4v) is 2.61. The molecule has 1 aromatic rings. The lowest BCUT2D eigenvalue weighted by molar-refractivity contribution is -0.124. The van der Waals surface area contributed by atoms with Gasteiger partial charge in [0, 0.05) is 4.47 Å². The van der Waals surface area contributed by atoms with E-state index in [0.717, 1.165) is 12.8 Å². The van der Waals surface area contributed by atoms with Gasteiger partial charge in [0.25, 0.3) is 5.91 Å². The fraction of sp³-hybridized carbons (Fsp3) is 0.429. The molecule has 106 valence electrons. The molecule has 1 aliphatic rings. The van der Waals surface area contributed by atoms with Crippen molar-refractivity contribution < 1.29 is 13.9 Å². The van der Waals surface area contributed by atoms with E-state index in [-0.39, 0.29) is 12.4 Å². The van der Waals surface area contributed by atoms with Crippen LogP contribution in [0.15, 0.2) is 22.7 Å². The van der Waals surface area contributed by atoms with Crippen molar-refractivity contribution in [3.05, 3.63) is 28.5 Å². The lowest BCUT2D eigenvalue weighted by atomic mass is 10.00. The predicted octanol–water partition coefficient (Wildman–Crippen LogP) is 2.92. The molecule has 0 aromatic heterocycles. The summed E-state index contributed by atoms with van der Waals surface area (Å²) in [6, 6.07) is 6.50. The van der Waals surface area contributed by atoms with Crippen LogP contribution in [0.1, 0.15) is 25.7 Å². The molecule has 20 heavy (non-hydrogen) atoms. The van der Waals surface area contributed by atoms with E-state index in [1.807, 2.05) is 0 Å². The number of halogens is 2. The third-order valence-electron chi connectivity index (χ3n) is 3.30. The second kappa shape index (κ2) is 6.23. The van der Waals surface area contributed by atoms with Crippen molar-refractivity contribution in [3.63, 3.8) is 0 Å². The maximum atomic E-state index is 13.5. The smallest absolute Gasteiger partial charge is 0.259 e. The van der Waals surface area contributed by atoms with Crippen LogP contribution in [0.25, 0.3) is 0 Å². The van der Waals surface area contributed by atoms with Gasteiger partial charge in [-0.25, -0.2) is 4.39 Å². The molecule has 0 bridgehead atoms. The number of nitrogens with one attached hydrogen (secondary N) is 1. The Morgan fingerprint density at radius 1 is 1.50 bits per heavy atom. The molecule has 0 saturated heterocycles. The predicted molar refractivity (Wildman–Crippen MR) is 74.5 cm³/mol. The van der Waals surface area contributed by atoms with Gasteiger partial charge in [0.05, 0.1) is 6.07 Å². The Labute approximate surface area is 125 Å². The van der Waals surface area contributed by atoms with Crippen molar-refractivity contribution >= 4 is 21.8 Å². The SMILES string of the molecule is N#CC1(NC(=O)COc2ccc(Br)cc2F)CCCC1. The molecule has 6 heteroatoms. The molecule has 1 aromatic carbocycles. The highest BCUT2D eigenvalue weighted by molar-refractivity contribution is 9.10. The average Bonchev–Trinajstić information content (AvgIpc) is 2.87. The molecule has 1 N–H and O–H groups in total. The van der Waals surface area contributed by atoms with Gasteiger partial charge in [0.1, 0.15) is 5.54 Å². The molecule has 1 saturated carbocycles. The second-order valence-corrected chi connectivity index (χ2v) is 5.73. The first-order valence-corrected chi connectivity index (χ1v) is 7.14. The van der Waals surface area contributed by atoms with E-state index >= 15 is 0 Å². The topological polar surface area (TPSA) is 62.1 Å². The van der Waals surface area contributed by atoms with Crippen molar-refractivity contribution in [1.82, 2.24) is 5.32 Å². The van der Waals surface area contributed by atoms with Crippen LogP contribution in [0.4, 0.5) is 4.39 Å². The molecule has 1 fully saturated rings. The van der Waals surface area contributed by atoms with Gasteiger partial charge in [0.15, 0.2) is 18.2 Å².